The number of phenols is 1. The van der Waals surface area contributed by atoms with Crippen molar-refractivity contribution in [2.75, 3.05) is 5.32 Å². The molecule has 0 aliphatic heterocycles. The van der Waals surface area contributed by atoms with Gasteiger partial charge in [-0.1, -0.05) is 0 Å². The maximum absolute atomic E-state index is 12.9. The molecule has 0 atom stereocenters. The molecule has 0 unspecified atom stereocenters. The fourth-order valence-corrected chi connectivity index (χ4v) is 0.799. The number of hydrogen-bond acceptors (Lipinski definition) is 2. The fourth-order valence-electron chi connectivity index (χ4n) is 0.799. The Morgan fingerprint density at radius 2 is 1.93 bits per heavy atom. The van der Waals surface area contributed by atoms with Crippen LogP contribution in [0.3, 0.4) is 0 Å². The number of halogens is 4. The first kappa shape index (κ1) is 11.3. The Labute approximate surface area is 81.3 Å². The predicted octanol–water partition coefficient (Wildman–Crippen LogP) is 2.03. The minimum Gasteiger partial charge on any atom is -0.508 e. The average molecular weight is 223 g/mol. The van der Waals surface area contributed by atoms with Crippen molar-refractivity contribution in [2.24, 2.45) is 0 Å². The van der Waals surface area contributed by atoms with Gasteiger partial charge in [-0.05, 0) is 12.1 Å². The van der Waals surface area contributed by atoms with Gasteiger partial charge in [0.1, 0.15) is 11.6 Å². The van der Waals surface area contributed by atoms with Crippen molar-refractivity contribution in [1.82, 2.24) is 0 Å². The quantitative estimate of drug-likeness (QED) is 0.565. The Balaban J connectivity index is 2.87. The molecule has 1 aromatic rings. The van der Waals surface area contributed by atoms with E-state index >= 15 is 0 Å². The van der Waals surface area contributed by atoms with Crippen LogP contribution in [0.15, 0.2) is 18.2 Å². The van der Waals surface area contributed by atoms with E-state index in [0.717, 1.165) is 12.1 Å². The molecule has 3 nitrogen and oxygen atoms in total. The van der Waals surface area contributed by atoms with E-state index in [1.807, 2.05) is 0 Å². The summed E-state index contributed by atoms with van der Waals surface area (Å²) < 4.78 is 48.1. The van der Waals surface area contributed by atoms with Gasteiger partial charge in [0.2, 0.25) is 0 Å². The molecule has 0 aromatic heterocycles. The van der Waals surface area contributed by atoms with Crippen LogP contribution in [0.5, 0.6) is 5.75 Å². The summed E-state index contributed by atoms with van der Waals surface area (Å²) in [5, 5.41) is 10.1. The minimum absolute atomic E-state index is 0.447. The summed E-state index contributed by atoms with van der Waals surface area (Å²) in [4.78, 5) is 10.4. The fraction of sp³-hybridized carbons (Fsp3) is 0.125. The molecule has 0 bridgehead atoms. The zero-order valence-electron chi connectivity index (χ0n) is 7.10. The average Bonchev–Trinajstić information content (AvgIpc) is 2.08. The third kappa shape index (κ3) is 2.83. The molecule has 0 aliphatic carbocycles. The third-order valence-corrected chi connectivity index (χ3v) is 1.46. The number of amides is 1. The highest BCUT2D eigenvalue weighted by Crippen LogP contribution is 2.22. The summed E-state index contributed by atoms with van der Waals surface area (Å²) in [5.74, 6) is -3.86. The number of benzene rings is 1. The highest BCUT2D eigenvalue weighted by Gasteiger charge is 2.39. The van der Waals surface area contributed by atoms with E-state index in [0.29, 0.717) is 6.07 Å². The lowest BCUT2D eigenvalue weighted by Gasteiger charge is -2.08. The molecule has 0 saturated heterocycles. The van der Waals surface area contributed by atoms with Crippen LogP contribution in [-0.4, -0.2) is 17.2 Å². The van der Waals surface area contributed by atoms with Crippen molar-refractivity contribution < 1.29 is 27.5 Å². The second kappa shape index (κ2) is 3.76. The van der Waals surface area contributed by atoms with Crippen LogP contribution >= 0.6 is 0 Å². The van der Waals surface area contributed by atoms with Crippen LogP contribution < -0.4 is 5.32 Å². The maximum atomic E-state index is 12.9. The van der Waals surface area contributed by atoms with Crippen molar-refractivity contribution in [1.29, 1.82) is 0 Å². The number of phenolic OH excluding ortho intramolecular Hbond substituents is 1. The zero-order valence-corrected chi connectivity index (χ0v) is 7.10. The number of aromatic hydroxyl groups is 1. The van der Waals surface area contributed by atoms with E-state index in [1.54, 1.807) is 0 Å². The van der Waals surface area contributed by atoms with E-state index in [2.05, 4.69) is 0 Å². The molecule has 1 aromatic carbocycles. The SMILES string of the molecule is O=C(Nc1ccc(O)cc1F)C(F)(F)F. The number of hydrogen-bond donors (Lipinski definition) is 2. The van der Waals surface area contributed by atoms with Crippen LogP contribution in [0, 0.1) is 5.82 Å². The van der Waals surface area contributed by atoms with Gasteiger partial charge in [-0.2, -0.15) is 13.2 Å². The number of carbonyl (C=O) groups excluding carboxylic acids is 1. The molecule has 0 spiro atoms. The van der Waals surface area contributed by atoms with Crippen LogP contribution in [0.1, 0.15) is 0 Å². The summed E-state index contributed by atoms with van der Waals surface area (Å²) in [6, 6.07) is 2.37. The lowest BCUT2D eigenvalue weighted by atomic mass is 10.3. The lowest BCUT2D eigenvalue weighted by molar-refractivity contribution is -0.167. The maximum Gasteiger partial charge on any atom is 0.471 e. The minimum atomic E-state index is -5.08. The molecule has 1 amide bonds. The summed E-state index contributed by atoms with van der Waals surface area (Å²) in [6.07, 6.45) is -5.08. The topological polar surface area (TPSA) is 49.3 Å². The molecule has 0 fully saturated rings. The largest absolute Gasteiger partial charge is 0.508 e. The second-order valence-corrected chi connectivity index (χ2v) is 2.62. The van der Waals surface area contributed by atoms with Crippen molar-refractivity contribution in [3.63, 3.8) is 0 Å². The van der Waals surface area contributed by atoms with Gasteiger partial charge in [0.05, 0.1) is 5.69 Å². The monoisotopic (exact) mass is 223 g/mol. The van der Waals surface area contributed by atoms with Crippen molar-refractivity contribution in [2.45, 2.75) is 6.18 Å². The first-order valence-electron chi connectivity index (χ1n) is 3.67. The summed E-state index contributed by atoms with van der Waals surface area (Å²) in [7, 11) is 0. The Hall–Kier alpha value is -1.79. The van der Waals surface area contributed by atoms with Gasteiger partial charge < -0.3 is 10.4 Å². The molecule has 0 heterocycles. The van der Waals surface area contributed by atoms with Gasteiger partial charge in [0.15, 0.2) is 0 Å². The lowest BCUT2D eigenvalue weighted by Crippen LogP contribution is -2.30. The highest BCUT2D eigenvalue weighted by molar-refractivity contribution is 5.95. The second-order valence-electron chi connectivity index (χ2n) is 2.62. The third-order valence-electron chi connectivity index (χ3n) is 1.46. The van der Waals surface area contributed by atoms with E-state index in [-0.39, 0.29) is 0 Å². The van der Waals surface area contributed by atoms with Crippen LogP contribution in [0.2, 0.25) is 0 Å². The van der Waals surface area contributed by atoms with Gasteiger partial charge in [0.25, 0.3) is 0 Å². The molecule has 15 heavy (non-hydrogen) atoms. The molecule has 0 saturated carbocycles. The van der Waals surface area contributed by atoms with E-state index in [1.165, 1.54) is 5.32 Å². The molecular weight excluding hydrogens is 218 g/mol. The van der Waals surface area contributed by atoms with Gasteiger partial charge in [-0.25, -0.2) is 4.39 Å². The standard InChI is InChI=1S/C8H5F4NO2/c9-5-3-4(14)1-2-6(5)13-7(15)8(10,11)12/h1-3,14H,(H,13,15). The summed E-state index contributed by atoms with van der Waals surface area (Å²) >= 11 is 0. The Morgan fingerprint density at radius 3 is 2.40 bits per heavy atom. The molecule has 0 radical (unpaired) electrons. The normalized spacial score (nSPS) is 11.2. The van der Waals surface area contributed by atoms with Crippen LogP contribution in [0.25, 0.3) is 0 Å². The van der Waals surface area contributed by atoms with E-state index in [9.17, 15) is 22.4 Å². The molecule has 2 N–H and O–H groups in total. The molecule has 0 aliphatic rings. The Morgan fingerprint density at radius 1 is 1.33 bits per heavy atom. The zero-order chi connectivity index (χ0) is 11.6. The molecule has 7 heteroatoms. The van der Waals surface area contributed by atoms with Gasteiger partial charge in [-0.15, -0.1) is 0 Å². The molecule has 1 rings (SSSR count). The van der Waals surface area contributed by atoms with Gasteiger partial charge >= 0.3 is 12.1 Å². The van der Waals surface area contributed by atoms with Crippen molar-refractivity contribution in [3.05, 3.63) is 24.0 Å². The van der Waals surface area contributed by atoms with Crippen molar-refractivity contribution in [3.8, 4) is 5.75 Å². The first-order valence-corrected chi connectivity index (χ1v) is 3.67. The first-order chi connectivity index (χ1) is 6.80. The number of carbonyl (C=O) groups is 1. The number of alkyl halides is 3. The number of nitrogens with one attached hydrogen (secondary N) is 1. The van der Waals surface area contributed by atoms with Gasteiger partial charge in [-0.3, -0.25) is 4.79 Å². The summed E-state index contributed by atoms with van der Waals surface area (Å²) in [5.41, 5.74) is -0.643. The van der Waals surface area contributed by atoms with Crippen molar-refractivity contribution >= 4 is 11.6 Å². The van der Waals surface area contributed by atoms with Gasteiger partial charge in [0, 0.05) is 6.07 Å². The van der Waals surface area contributed by atoms with E-state index in [4.69, 9.17) is 5.11 Å². The molecule has 82 valence electrons. The number of rotatable bonds is 1. The molecular formula is C8H5F4NO2. The smallest absolute Gasteiger partial charge is 0.471 e. The number of anilines is 1. The Kier molecular flexibility index (Phi) is 2.83. The van der Waals surface area contributed by atoms with Crippen LogP contribution in [0.4, 0.5) is 23.2 Å². The van der Waals surface area contributed by atoms with Crippen LogP contribution in [-0.2, 0) is 4.79 Å². The Bertz CT molecular complexity index is 389. The summed E-state index contributed by atoms with van der Waals surface area (Å²) in [6.45, 7) is 0. The van der Waals surface area contributed by atoms with E-state index < -0.39 is 29.3 Å². The predicted molar refractivity (Wildman–Crippen MR) is 42.7 cm³/mol. The highest BCUT2D eigenvalue weighted by atomic mass is 19.4.